The summed E-state index contributed by atoms with van der Waals surface area (Å²) >= 11 is 0. The molecule has 194 valence electrons. The topological polar surface area (TPSA) is 100 Å². The van der Waals surface area contributed by atoms with E-state index in [9.17, 15) is 14.8 Å². The molecular formula is C26H38FN3O5. The number of carbonyl (C=O) groups excluding carboxylic acids is 1. The number of aliphatic hydroxyl groups excluding tert-OH is 1. The maximum absolute atomic E-state index is 17.5. The Labute approximate surface area is 206 Å². The molecule has 1 saturated heterocycles. The summed E-state index contributed by atoms with van der Waals surface area (Å²) in [4.78, 5) is 23.7. The molecule has 9 heteroatoms. The van der Waals surface area contributed by atoms with E-state index < -0.39 is 58.1 Å². The van der Waals surface area contributed by atoms with Crippen LogP contribution >= 0.6 is 0 Å². The van der Waals surface area contributed by atoms with Crippen LogP contribution < -0.4 is 5.43 Å². The zero-order chi connectivity index (χ0) is 25.6. The molecule has 0 aromatic rings. The van der Waals surface area contributed by atoms with Crippen LogP contribution in [0.4, 0.5) is 4.39 Å². The number of nitrogens with zero attached hydrogens (tertiary/aromatic N) is 2. The molecule has 0 aromatic carbocycles. The number of allylic oxidation sites excluding steroid dienone is 2. The molecule has 4 aliphatic carbocycles. The molecule has 2 unspecified atom stereocenters. The number of hydrogen-bond acceptors (Lipinski definition) is 8. The average Bonchev–Trinajstić information content (AvgIpc) is 3.18. The summed E-state index contributed by atoms with van der Waals surface area (Å²) in [5, 5.41) is 16.5. The van der Waals surface area contributed by atoms with Gasteiger partial charge in [-0.15, -0.1) is 0 Å². The van der Waals surface area contributed by atoms with Crippen molar-refractivity contribution in [2.45, 2.75) is 94.7 Å². The number of alkyl halides is 1. The molecule has 5 aliphatic rings. The van der Waals surface area contributed by atoms with E-state index in [1.54, 1.807) is 17.2 Å². The summed E-state index contributed by atoms with van der Waals surface area (Å²) in [5.74, 6) is -1.61. The van der Waals surface area contributed by atoms with E-state index >= 15 is 4.39 Å². The first-order chi connectivity index (χ1) is 16.3. The lowest BCUT2D eigenvalue weighted by atomic mass is 9.45. The second-order valence-electron chi connectivity index (χ2n) is 12.3. The fraction of sp³-hybridized carbons (Fsp3) is 0.808. The highest BCUT2D eigenvalue weighted by atomic mass is 19.1. The summed E-state index contributed by atoms with van der Waals surface area (Å²) in [6.07, 6.45) is 6.07. The smallest absolute Gasteiger partial charge is 0.164 e. The van der Waals surface area contributed by atoms with Gasteiger partial charge in [-0.1, -0.05) is 35.9 Å². The third kappa shape index (κ3) is 3.05. The fourth-order valence-corrected chi connectivity index (χ4v) is 8.54. The lowest BCUT2D eigenvalue weighted by Gasteiger charge is -2.63. The van der Waals surface area contributed by atoms with Crippen molar-refractivity contribution in [3.05, 3.63) is 28.7 Å². The SMILES string of the molecule is CN(C)NC(C=O)[C@@]12OC(C)(C)O[C@@H]1C[C@H]1[C@@H]3CC=C4CC(N=O)C=C[C@]4(C)[C@@]3(F)[C@@H](O)C[C@@]12C. The minimum atomic E-state index is -1.92. The molecule has 3 fully saturated rings. The van der Waals surface area contributed by atoms with Crippen LogP contribution in [0.25, 0.3) is 0 Å². The Balaban J connectivity index is 1.62. The molecule has 5 rings (SSSR count). The van der Waals surface area contributed by atoms with Crippen LogP contribution in [-0.2, 0) is 14.3 Å². The zero-order valence-electron chi connectivity index (χ0n) is 21.5. The predicted octanol–water partition coefficient (Wildman–Crippen LogP) is 3.06. The van der Waals surface area contributed by atoms with E-state index in [1.165, 1.54) is 0 Å². The maximum Gasteiger partial charge on any atom is 0.164 e. The van der Waals surface area contributed by atoms with E-state index in [-0.39, 0.29) is 12.3 Å². The monoisotopic (exact) mass is 491 g/mol. The number of halogens is 1. The summed E-state index contributed by atoms with van der Waals surface area (Å²) < 4.78 is 30.5. The normalized spacial score (nSPS) is 50.5. The Morgan fingerprint density at radius 2 is 2.00 bits per heavy atom. The molecule has 8 nitrogen and oxygen atoms in total. The van der Waals surface area contributed by atoms with Crippen molar-refractivity contribution in [2.24, 2.45) is 27.8 Å². The van der Waals surface area contributed by atoms with Gasteiger partial charge in [-0.25, -0.2) is 14.8 Å². The van der Waals surface area contributed by atoms with Gasteiger partial charge < -0.3 is 19.4 Å². The molecule has 2 N–H and O–H groups in total. The average molecular weight is 492 g/mol. The second kappa shape index (κ2) is 7.74. The summed E-state index contributed by atoms with van der Waals surface area (Å²) in [6.45, 7) is 7.53. The predicted molar refractivity (Wildman–Crippen MR) is 128 cm³/mol. The molecule has 0 amide bonds. The van der Waals surface area contributed by atoms with Crippen LogP contribution in [-0.4, -0.2) is 71.8 Å². The Bertz CT molecular complexity index is 986. The van der Waals surface area contributed by atoms with Crippen molar-refractivity contribution in [2.75, 3.05) is 14.1 Å². The number of aldehydes is 1. The Kier molecular flexibility index (Phi) is 5.56. The Morgan fingerprint density at radius 3 is 2.63 bits per heavy atom. The van der Waals surface area contributed by atoms with Crippen LogP contribution in [0.5, 0.6) is 0 Å². The molecule has 10 atom stereocenters. The number of carbonyl (C=O) groups is 1. The Morgan fingerprint density at radius 1 is 1.29 bits per heavy atom. The minimum Gasteiger partial charge on any atom is -0.390 e. The minimum absolute atomic E-state index is 0.131. The number of hydrazine groups is 1. The molecule has 2 saturated carbocycles. The van der Waals surface area contributed by atoms with Gasteiger partial charge in [0.05, 0.1) is 12.2 Å². The lowest BCUT2D eigenvalue weighted by Crippen LogP contribution is -2.72. The van der Waals surface area contributed by atoms with Crippen LogP contribution in [0.3, 0.4) is 0 Å². The standard InChI is InChI=1S/C26H38FN3O5/c1-22(2)34-21-12-18-17-8-7-15-11-16(29-33)9-10-23(15,3)25(17,27)20(32)13-24(18,4)26(21,35-22)19(14-31)28-30(5)6/h7,9-10,14,16-21,28,32H,8,11-13H2,1-6H3/t16?,17-,18-,19?,20-,21+,23-,24-,25-,26+/m0/s1. The third-order valence-corrected chi connectivity index (χ3v) is 9.92. The van der Waals surface area contributed by atoms with Gasteiger partial charge >= 0.3 is 0 Å². The number of ether oxygens (including phenoxy) is 2. The molecule has 1 heterocycles. The van der Waals surface area contributed by atoms with Gasteiger partial charge in [0.25, 0.3) is 0 Å². The van der Waals surface area contributed by atoms with Gasteiger partial charge in [-0.3, -0.25) is 0 Å². The van der Waals surface area contributed by atoms with Gasteiger partial charge in [-0.2, -0.15) is 4.91 Å². The van der Waals surface area contributed by atoms with Crippen molar-refractivity contribution in [1.82, 2.24) is 10.4 Å². The molecule has 0 spiro atoms. The fourth-order valence-electron chi connectivity index (χ4n) is 8.54. The number of hydrogen-bond donors (Lipinski definition) is 2. The van der Waals surface area contributed by atoms with Gasteiger partial charge in [-0.05, 0) is 52.4 Å². The number of aliphatic hydroxyl groups is 1. The van der Waals surface area contributed by atoms with Crippen molar-refractivity contribution in [3.8, 4) is 0 Å². The lowest BCUT2D eigenvalue weighted by molar-refractivity contribution is -0.252. The van der Waals surface area contributed by atoms with E-state index in [0.717, 1.165) is 11.9 Å². The molecular weight excluding hydrogens is 453 g/mol. The zero-order valence-corrected chi connectivity index (χ0v) is 21.5. The van der Waals surface area contributed by atoms with E-state index in [2.05, 4.69) is 10.6 Å². The first-order valence-electron chi connectivity index (χ1n) is 12.6. The Hall–Kier alpha value is -1.52. The molecule has 35 heavy (non-hydrogen) atoms. The van der Waals surface area contributed by atoms with Crippen molar-refractivity contribution < 1.29 is 23.8 Å². The van der Waals surface area contributed by atoms with Gasteiger partial charge in [0.1, 0.15) is 24.0 Å². The van der Waals surface area contributed by atoms with Crippen molar-refractivity contribution >= 4 is 6.29 Å². The maximum atomic E-state index is 17.5. The molecule has 1 aliphatic heterocycles. The highest BCUT2D eigenvalue weighted by molar-refractivity contribution is 5.62. The molecule has 0 radical (unpaired) electrons. The first kappa shape index (κ1) is 25.1. The summed E-state index contributed by atoms with van der Waals surface area (Å²) in [6, 6.07) is -1.25. The van der Waals surface area contributed by atoms with Gasteiger partial charge in [0, 0.05) is 30.8 Å². The highest BCUT2D eigenvalue weighted by Crippen LogP contribution is 2.72. The summed E-state index contributed by atoms with van der Waals surface area (Å²) in [7, 11) is 3.62. The quantitative estimate of drug-likeness (QED) is 0.264. The van der Waals surface area contributed by atoms with E-state index in [1.807, 2.05) is 47.9 Å². The number of fused-ring (bicyclic) bond motifs is 7. The third-order valence-electron chi connectivity index (χ3n) is 9.92. The van der Waals surface area contributed by atoms with Crippen molar-refractivity contribution in [1.29, 1.82) is 0 Å². The van der Waals surface area contributed by atoms with Gasteiger partial charge in [0.2, 0.25) is 0 Å². The van der Waals surface area contributed by atoms with E-state index in [0.29, 0.717) is 19.3 Å². The van der Waals surface area contributed by atoms with Crippen LogP contribution in [0, 0.1) is 27.6 Å². The molecule has 0 bridgehead atoms. The van der Waals surface area contributed by atoms with Crippen LogP contribution in [0.1, 0.15) is 53.4 Å². The highest BCUT2D eigenvalue weighted by Gasteiger charge is 2.79. The second-order valence-corrected chi connectivity index (χ2v) is 12.3. The van der Waals surface area contributed by atoms with Crippen LogP contribution in [0.15, 0.2) is 29.0 Å². The summed E-state index contributed by atoms with van der Waals surface area (Å²) in [5.41, 5.74) is -0.721. The number of nitrogens with one attached hydrogen (secondary N) is 1. The largest absolute Gasteiger partial charge is 0.390 e. The van der Waals surface area contributed by atoms with E-state index in [4.69, 9.17) is 9.47 Å². The first-order valence-corrected chi connectivity index (χ1v) is 12.6. The van der Waals surface area contributed by atoms with Gasteiger partial charge in [0.15, 0.2) is 11.5 Å². The number of rotatable bonds is 5. The van der Waals surface area contributed by atoms with Crippen molar-refractivity contribution in [3.63, 3.8) is 0 Å². The molecule has 0 aromatic heterocycles. The van der Waals surface area contributed by atoms with Crippen LogP contribution in [0.2, 0.25) is 0 Å². The number of nitroso groups, excluding NO2 is 1.